The van der Waals surface area contributed by atoms with Gasteiger partial charge in [0.2, 0.25) is 0 Å². The standard InChI is InChI=1S/C11H24N2O/c1-3-4-11(2)14-10-9-13-7-5-12-6-8-13/h11-12H,3-10H2,1-2H3. The van der Waals surface area contributed by atoms with Gasteiger partial charge in [0.15, 0.2) is 0 Å². The summed E-state index contributed by atoms with van der Waals surface area (Å²) in [5.41, 5.74) is 0. The van der Waals surface area contributed by atoms with Gasteiger partial charge in [0.25, 0.3) is 0 Å². The summed E-state index contributed by atoms with van der Waals surface area (Å²) < 4.78 is 5.72. The zero-order valence-corrected chi connectivity index (χ0v) is 9.59. The van der Waals surface area contributed by atoms with Crippen LogP contribution in [0.5, 0.6) is 0 Å². The van der Waals surface area contributed by atoms with E-state index in [4.69, 9.17) is 4.74 Å². The van der Waals surface area contributed by atoms with Crippen molar-refractivity contribution in [2.24, 2.45) is 0 Å². The molecule has 0 radical (unpaired) electrons. The lowest BCUT2D eigenvalue weighted by atomic mass is 10.2. The van der Waals surface area contributed by atoms with Crippen molar-refractivity contribution in [3.8, 4) is 0 Å². The van der Waals surface area contributed by atoms with Gasteiger partial charge < -0.3 is 10.1 Å². The van der Waals surface area contributed by atoms with Crippen molar-refractivity contribution in [2.75, 3.05) is 39.3 Å². The summed E-state index contributed by atoms with van der Waals surface area (Å²) in [5, 5.41) is 3.35. The molecule has 1 rings (SSSR count). The van der Waals surface area contributed by atoms with Crippen molar-refractivity contribution >= 4 is 0 Å². The topological polar surface area (TPSA) is 24.5 Å². The predicted octanol–water partition coefficient (Wildman–Crippen LogP) is 1.10. The lowest BCUT2D eigenvalue weighted by molar-refractivity contribution is 0.0412. The van der Waals surface area contributed by atoms with Crippen LogP contribution in [-0.2, 0) is 4.74 Å². The van der Waals surface area contributed by atoms with Crippen molar-refractivity contribution in [1.29, 1.82) is 0 Å². The van der Waals surface area contributed by atoms with Gasteiger partial charge in [-0.25, -0.2) is 0 Å². The van der Waals surface area contributed by atoms with Gasteiger partial charge in [-0.15, -0.1) is 0 Å². The Kier molecular flexibility index (Phi) is 6.15. The monoisotopic (exact) mass is 200 g/mol. The first-order valence-corrected chi connectivity index (χ1v) is 5.87. The summed E-state index contributed by atoms with van der Waals surface area (Å²) in [6.45, 7) is 11.0. The first kappa shape index (κ1) is 12.0. The molecule has 0 aromatic heterocycles. The third kappa shape index (κ3) is 4.94. The molecule has 1 unspecified atom stereocenters. The van der Waals surface area contributed by atoms with Crippen LogP contribution in [0.4, 0.5) is 0 Å². The highest BCUT2D eigenvalue weighted by Crippen LogP contribution is 2.01. The highest BCUT2D eigenvalue weighted by Gasteiger charge is 2.09. The molecule has 14 heavy (non-hydrogen) atoms. The first-order valence-electron chi connectivity index (χ1n) is 5.87. The Bertz CT molecular complexity index is 135. The van der Waals surface area contributed by atoms with Gasteiger partial charge in [-0.3, -0.25) is 4.90 Å². The molecular formula is C11H24N2O. The van der Waals surface area contributed by atoms with Gasteiger partial charge in [-0.1, -0.05) is 13.3 Å². The maximum atomic E-state index is 5.72. The number of ether oxygens (including phenoxy) is 1. The van der Waals surface area contributed by atoms with Crippen LogP contribution >= 0.6 is 0 Å². The van der Waals surface area contributed by atoms with E-state index in [2.05, 4.69) is 24.1 Å². The second-order valence-corrected chi connectivity index (χ2v) is 4.06. The molecule has 0 aliphatic carbocycles. The zero-order chi connectivity index (χ0) is 10.2. The SMILES string of the molecule is CCCC(C)OCCN1CCNCC1. The maximum absolute atomic E-state index is 5.72. The summed E-state index contributed by atoms with van der Waals surface area (Å²) in [6, 6.07) is 0. The van der Waals surface area contributed by atoms with Crippen LogP contribution in [0.25, 0.3) is 0 Å². The fourth-order valence-electron chi connectivity index (χ4n) is 1.81. The molecule has 0 amide bonds. The number of piperazine rings is 1. The molecule has 0 aromatic rings. The molecule has 0 aromatic carbocycles. The molecule has 1 N–H and O–H groups in total. The lowest BCUT2D eigenvalue weighted by Gasteiger charge is -2.27. The lowest BCUT2D eigenvalue weighted by Crippen LogP contribution is -2.44. The van der Waals surface area contributed by atoms with Crippen molar-refractivity contribution in [3.63, 3.8) is 0 Å². The minimum atomic E-state index is 0.433. The van der Waals surface area contributed by atoms with Crippen LogP contribution in [0.3, 0.4) is 0 Å². The van der Waals surface area contributed by atoms with Crippen molar-refractivity contribution in [3.05, 3.63) is 0 Å². The summed E-state index contributed by atoms with van der Waals surface area (Å²) in [6.07, 6.45) is 2.83. The number of nitrogens with one attached hydrogen (secondary N) is 1. The molecule has 1 aliphatic heterocycles. The summed E-state index contributed by atoms with van der Waals surface area (Å²) >= 11 is 0. The average molecular weight is 200 g/mol. The van der Waals surface area contributed by atoms with E-state index >= 15 is 0 Å². The van der Waals surface area contributed by atoms with Crippen molar-refractivity contribution in [1.82, 2.24) is 10.2 Å². The van der Waals surface area contributed by atoms with E-state index in [1.54, 1.807) is 0 Å². The van der Waals surface area contributed by atoms with Crippen LogP contribution in [0, 0.1) is 0 Å². The molecule has 0 saturated carbocycles. The highest BCUT2D eigenvalue weighted by molar-refractivity contribution is 4.67. The van der Waals surface area contributed by atoms with E-state index < -0.39 is 0 Å². The fourth-order valence-corrected chi connectivity index (χ4v) is 1.81. The summed E-state index contributed by atoms with van der Waals surface area (Å²) in [4.78, 5) is 2.47. The Hall–Kier alpha value is -0.120. The smallest absolute Gasteiger partial charge is 0.0597 e. The number of hydrogen-bond acceptors (Lipinski definition) is 3. The first-order chi connectivity index (χ1) is 6.83. The molecule has 1 heterocycles. The van der Waals surface area contributed by atoms with Crippen LogP contribution in [0.2, 0.25) is 0 Å². The van der Waals surface area contributed by atoms with Crippen LogP contribution < -0.4 is 5.32 Å². The van der Waals surface area contributed by atoms with Gasteiger partial charge >= 0.3 is 0 Å². The Morgan fingerprint density at radius 2 is 2.07 bits per heavy atom. The molecular weight excluding hydrogens is 176 g/mol. The Morgan fingerprint density at radius 3 is 2.71 bits per heavy atom. The maximum Gasteiger partial charge on any atom is 0.0597 e. The van der Waals surface area contributed by atoms with Gasteiger partial charge in [-0.05, 0) is 13.3 Å². The van der Waals surface area contributed by atoms with E-state index in [0.717, 1.165) is 26.2 Å². The number of nitrogens with zero attached hydrogens (tertiary/aromatic N) is 1. The van der Waals surface area contributed by atoms with Gasteiger partial charge in [0.1, 0.15) is 0 Å². The molecule has 0 spiro atoms. The summed E-state index contributed by atoms with van der Waals surface area (Å²) in [7, 11) is 0. The quantitative estimate of drug-likeness (QED) is 0.695. The number of hydrogen-bond donors (Lipinski definition) is 1. The second kappa shape index (κ2) is 7.21. The fraction of sp³-hybridized carbons (Fsp3) is 1.00. The van der Waals surface area contributed by atoms with Gasteiger partial charge in [0, 0.05) is 32.7 Å². The predicted molar refractivity (Wildman–Crippen MR) is 59.6 cm³/mol. The Balaban J connectivity index is 1.96. The van der Waals surface area contributed by atoms with E-state index in [0.29, 0.717) is 6.10 Å². The van der Waals surface area contributed by atoms with Gasteiger partial charge in [-0.2, -0.15) is 0 Å². The molecule has 1 fully saturated rings. The minimum absolute atomic E-state index is 0.433. The molecule has 1 saturated heterocycles. The third-order valence-electron chi connectivity index (χ3n) is 2.71. The van der Waals surface area contributed by atoms with Crippen LogP contribution in [0.1, 0.15) is 26.7 Å². The largest absolute Gasteiger partial charge is 0.377 e. The molecule has 1 atom stereocenters. The Morgan fingerprint density at radius 1 is 1.36 bits per heavy atom. The molecule has 3 nitrogen and oxygen atoms in total. The van der Waals surface area contributed by atoms with Crippen molar-refractivity contribution in [2.45, 2.75) is 32.8 Å². The van der Waals surface area contributed by atoms with Crippen LogP contribution in [0.15, 0.2) is 0 Å². The van der Waals surface area contributed by atoms with E-state index in [-0.39, 0.29) is 0 Å². The summed E-state index contributed by atoms with van der Waals surface area (Å²) in [5.74, 6) is 0. The average Bonchev–Trinajstić information content (AvgIpc) is 2.20. The Labute approximate surface area is 87.8 Å². The van der Waals surface area contributed by atoms with E-state index in [9.17, 15) is 0 Å². The molecule has 1 aliphatic rings. The molecule has 0 bridgehead atoms. The normalized spacial score (nSPS) is 21.0. The van der Waals surface area contributed by atoms with Crippen molar-refractivity contribution < 1.29 is 4.74 Å². The molecule has 84 valence electrons. The molecule has 3 heteroatoms. The third-order valence-corrected chi connectivity index (χ3v) is 2.71. The van der Waals surface area contributed by atoms with E-state index in [1.807, 2.05) is 0 Å². The van der Waals surface area contributed by atoms with Gasteiger partial charge in [0.05, 0.1) is 12.7 Å². The zero-order valence-electron chi connectivity index (χ0n) is 9.59. The number of rotatable bonds is 6. The van der Waals surface area contributed by atoms with Crippen LogP contribution in [-0.4, -0.2) is 50.3 Å². The minimum Gasteiger partial charge on any atom is -0.377 e. The second-order valence-electron chi connectivity index (χ2n) is 4.06. The highest BCUT2D eigenvalue weighted by atomic mass is 16.5. The van der Waals surface area contributed by atoms with E-state index in [1.165, 1.54) is 25.9 Å².